The van der Waals surface area contributed by atoms with Crippen LogP contribution in [0.3, 0.4) is 0 Å². The number of likely N-dealkylation sites (tertiary alicyclic amines) is 1. The van der Waals surface area contributed by atoms with E-state index in [1.54, 1.807) is 0 Å². The molecular weight excluding hydrogens is 266 g/mol. The molecule has 0 spiro atoms. The Hall–Kier alpha value is -1.39. The molecule has 1 saturated heterocycles. The number of hydrogen-bond donors (Lipinski definition) is 1. The number of nitrogens with zero attached hydrogens (tertiary/aromatic N) is 1. The second kappa shape index (κ2) is 7.05. The number of hydrogen-bond acceptors (Lipinski definition) is 4. The largest absolute Gasteiger partial charge is 0.466 e. The van der Waals surface area contributed by atoms with E-state index in [2.05, 4.69) is 4.90 Å². The van der Waals surface area contributed by atoms with Gasteiger partial charge in [-0.3, -0.25) is 9.69 Å². The van der Waals surface area contributed by atoms with Crippen molar-refractivity contribution >= 4 is 5.97 Å². The summed E-state index contributed by atoms with van der Waals surface area (Å²) < 4.78 is 5.12. The highest BCUT2D eigenvalue weighted by molar-refractivity contribution is 5.72. The van der Waals surface area contributed by atoms with Crippen LogP contribution in [0.1, 0.15) is 32.3 Å². The van der Waals surface area contributed by atoms with Gasteiger partial charge in [-0.15, -0.1) is 0 Å². The van der Waals surface area contributed by atoms with Crippen molar-refractivity contribution in [2.24, 2.45) is 5.92 Å². The third-order valence-electron chi connectivity index (χ3n) is 4.05. The number of piperidine rings is 1. The molecule has 1 N–H and O–H groups in total. The molecule has 0 amide bonds. The summed E-state index contributed by atoms with van der Waals surface area (Å²) in [5, 5.41) is 10.7. The fourth-order valence-corrected chi connectivity index (χ4v) is 2.98. The second-order valence-corrected chi connectivity index (χ2v) is 5.97. The van der Waals surface area contributed by atoms with Gasteiger partial charge in [0.05, 0.1) is 18.1 Å². The monoisotopic (exact) mass is 291 g/mol. The molecule has 2 atom stereocenters. The molecular formula is C17H25NO3. The molecule has 0 aromatic heterocycles. The molecule has 116 valence electrons. The number of β-amino-alcohol motifs (C(OH)–C–C–N with tert-alkyl or cyclic N) is 1. The standard InChI is InChI=1S/C17H25NO3/c1-3-21-16(19)14-8-7-11-18(12-14)13-17(2,20)15-9-5-4-6-10-15/h4-6,9-10,14,20H,3,7-8,11-13H2,1-2H3/t14-,17?/m1/s1. The third kappa shape index (κ3) is 4.29. The fourth-order valence-electron chi connectivity index (χ4n) is 2.98. The predicted molar refractivity (Wildman–Crippen MR) is 81.8 cm³/mol. The van der Waals surface area contributed by atoms with Crippen molar-refractivity contribution in [1.82, 2.24) is 4.90 Å². The molecule has 4 heteroatoms. The van der Waals surface area contributed by atoms with E-state index in [1.807, 2.05) is 44.2 Å². The number of carbonyl (C=O) groups is 1. The van der Waals surface area contributed by atoms with Crippen LogP contribution in [-0.4, -0.2) is 42.2 Å². The van der Waals surface area contributed by atoms with E-state index >= 15 is 0 Å². The van der Waals surface area contributed by atoms with E-state index in [9.17, 15) is 9.90 Å². The maximum Gasteiger partial charge on any atom is 0.310 e. The Bertz CT molecular complexity index is 458. The molecule has 1 aliphatic heterocycles. The Morgan fingerprint density at radius 3 is 2.81 bits per heavy atom. The van der Waals surface area contributed by atoms with Crippen LogP contribution >= 0.6 is 0 Å². The molecule has 2 rings (SSSR count). The van der Waals surface area contributed by atoms with Crippen molar-refractivity contribution in [2.75, 3.05) is 26.2 Å². The highest BCUT2D eigenvalue weighted by Crippen LogP contribution is 2.25. The summed E-state index contributed by atoms with van der Waals surface area (Å²) in [7, 11) is 0. The number of carbonyl (C=O) groups excluding carboxylic acids is 1. The Morgan fingerprint density at radius 2 is 2.14 bits per heavy atom. The molecule has 1 aromatic carbocycles. The summed E-state index contributed by atoms with van der Waals surface area (Å²) in [6.45, 7) is 6.21. The summed E-state index contributed by atoms with van der Waals surface area (Å²) in [5.41, 5.74) is 0.000845. The van der Waals surface area contributed by atoms with Crippen LogP contribution in [0.5, 0.6) is 0 Å². The molecule has 1 unspecified atom stereocenters. The van der Waals surface area contributed by atoms with Crippen molar-refractivity contribution in [3.8, 4) is 0 Å². The summed E-state index contributed by atoms with van der Waals surface area (Å²) in [5.74, 6) is -0.174. The lowest BCUT2D eigenvalue weighted by Gasteiger charge is -2.36. The van der Waals surface area contributed by atoms with Crippen LogP contribution in [-0.2, 0) is 15.1 Å². The number of benzene rings is 1. The van der Waals surface area contributed by atoms with Crippen LogP contribution in [0.25, 0.3) is 0 Å². The van der Waals surface area contributed by atoms with Crippen molar-refractivity contribution in [1.29, 1.82) is 0 Å². The Balaban J connectivity index is 1.97. The minimum atomic E-state index is -0.905. The number of rotatable bonds is 5. The maximum absolute atomic E-state index is 11.9. The minimum Gasteiger partial charge on any atom is -0.466 e. The average Bonchev–Trinajstić information content (AvgIpc) is 2.48. The first-order chi connectivity index (χ1) is 10.0. The smallest absolute Gasteiger partial charge is 0.310 e. The highest BCUT2D eigenvalue weighted by atomic mass is 16.5. The van der Waals surface area contributed by atoms with E-state index < -0.39 is 5.60 Å². The van der Waals surface area contributed by atoms with Gasteiger partial charge in [0.1, 0.15) is 0 Å². The molecule has 4 nitrogen and oxygen atoms in total. The maximum atomic E-state index is 11.9. The second-order valence-electron chi connectivity index (χ2n) is 5.97. The van der Waals surface area contributed by atoms with Crippen molar-refractivity contribution in [2.45, 2.75) is 32.3 Å². The molecule has 0 bridgehead atoms. The first-order valence-electron chi connectivity index (χ1n) is 7.70. The molecule has 0 aliphatic carbocycles. The Morgan fingerprint density at radius 1 is 1.43 bits per heavy atom. The summed E-state index contributed by atoms with van der Waals surface area (Å²) in [6, 6.07) is 9.68. The summed E-state index contributed by atoms with van der Waals surface area (Å²) >= 11 is 0. The average molecular weight is 291 g/mol. The molecule has 1 aromatic rings. The van der Waals surface area contributed by atoms with Gasteiger partial charge in [0.2, 0.25) is 0 Å². The highest BCUT2D eigenvalue weighted by Gasteiger charge is 2.32. The number of aliphatic hydroxyl groups is 1. The molecule has 1 aliphatic rings. The number of ether oxygens (including phenoxy) is 1. The van der Waals surface area contributed by atoms with Gasteiger partial charge < -0.3 is 9.84 Å². The van der Waals surface area contributed by atoms with E-state index in [-0.39, 0.29) is 11.9 Å². The van der Waals surface area contributed by atoms with Gasteiger partial charge in [-0.2, -0.15) is 0 Å². The zero-order valence-electron chi connectivity index (χ0n) is 12.9. The van der Waals surface area contributed by atoms with Crippen LogP contribution < -0.4 is 0 Å². The van der Waals surface area contributed by atoms with Crippen LogP contribution in [0, 0.1) is 5.92 Å². The normalized spacial score (nSPS) is 22.5. The molecule has 21 heavy (non-hydrogen) atoms. The number of esters is 1. The van der Waals surface area contributed by atoms with Gasteiger partial charge in [-0.1, -0.05) is 30.3 Å². The van der Waals surface area contributed by atoms with Gasteiger partial charge in [0.25, 0.3) is 0 Å². The van der Waals surface area contributed by atoms with Gasteiger partial charge in [-0.25, -0.2) is 0 Å². The van der Waals surface area contributed by atoms with E-state index in [1.165, 1.54) is 0 Å². The van der Waals surface area contributed by atoms with Crippen LogP contribution in [0.4, 0.5) is 0 Å². The van der Waals surface area contributed by atoms with E-state index in [0.29, 0.717) is 19.7 Å². The molecule has 1 heterocycles. The van der Waals surface area contributed by atoms with E-state index in [0.717, 1.165) is 24.9 Å². The fraction of sp³-hybridized carbons (Fsp3) is 0.588. The van der Waals surface area contributed by atoms with Crippen LogP contribution in [0.15, 0.2) is 30.3 Å². The van der Waals surface area contributed by atoms with Crippen molar-refractivity contribution in [3.63, 3.8) is 0 Å². The predicted octanol–water partition coefficient (Wildman–Crippen LogP) is 2.17. The molecule has 0 saturated carbocycles. The zero-order chi connectivity index (χ0) is 15.3. The summed E-state index contributed by atoms with van der Waals surface area (Å²) in [6.07, 6.45) is 1.84. The van der Waals surface area contributed by atoms with Crippen LogP contribution in [0.2, 0.25) is 0 Å². The lowest BCUT2D eigenvalue weighted by Crippen LogP contribution is -2.45. The van der Waals surface area contributed by atoms with Gasteiger partial charge in [-0.05, 0) is 38.8 Å². The van der Waals surface area contributed by atoms with Gasteiger partial charge in [0.15, 0.2) is 0 Å². The Kier molecular flexibility index (Phi) is 5.37. The van der Waals surface area contributed by atoms with Crippen molar-refractivity contribution < 1.29 is 14.6 Å². The van der Waals surface area contributed by atoms with Crippen molar-refractivity contribution in [3.05, 3.63) is 35.9 Å². The first-order valence-corrected chi connectivity index (χ1v) is 7.70. The third-order valence-corrected chi connectivity index (χ3v) is 4.05. The molecule has 1 fully saturated rings. The summed E-state index contributed by atoms with van der Waals surface area (Å²) in [4.78, 5) is 14.0. The lowest BCUT2D eigenvalue weighted by molar-refractivity contribution is -0.150. The zero-order valence-corrected chi connectivity index (χ0v) is 12.9. The first kappa shape index (κ1) is 16.0. The lowest BCUT2D eigenvalue weighted by atomic mass is 9.92. The van der Waals surface area contributed by atoms with Gasteiger partial charge >= 0.3 is 5.97 Å². The topological polar surface area (TPSA) is 49.8 Å². The Labute approximate surface area is 126 Å². The molecule has 0 radical (unpaired) electrons. The minimum absolute atomic E-state index is 0.0646. The quantitative estimate of drug-likeness (QED) is 0.845. The van der Waals surface area contributed by atoms with E-state index in [4.69, 9.17) is 4.74 Å². The SMILES string of the molecule is CCOC(=O)[C@@H]1CCCN(CC(C)(O)c2ccccc2)C1. The van der Waals surface area contributed by atoms with Gasteiger partial charge in [0, 0.05) is 13.1 Å².